The summed E-state index contributed by atoms with van der Waals surface area (Å²) in [6.45, 7) is 2.95. The fourth-order valence-corrected chi connectivity index (χ4v) is 1.48. The van der Waals surface area contributed by atoms with Crippen molar-refractivity contribution in [3.63, 3.8) is 0 Å². The van der Waals surface area contributed by atoms with Crippen LogP contribution in [0.15, 0.2) is 0 Å². The van der Waals surface area contributed by atoms with Gasteiger partial charge in [-0.25, -0.2) is 0 Å². The predicted octanol–water partition coefficient (Wildman–Crippen LogP) is 2.15. The molecule has 5 nitrogen and oxygen atoms in total. The minimum Gasteiger partial charge on any atom is -0.300 e. The fourth-order valence-electron chi connectivity index (χ4n) is 1.48. The van der Waals surface area contributed by atoms with Crippen LogP contribution < -0.4 is 0 Å². The van der Waals surface area contributed by atoms with E-state index in [0.717, 1.165) is 0 Å². The van der Waals surface area contributed by atoms with E-state index in [4.69, 9.17) is 0 Å². The number of hydrogen-bond donors (Lipinski definition) is 0. The topological polar surface area (TPSA) is 77.3 Å². The average Bonchev–Trinajstić information content (AvgIpc) is 2.15. The van der Waals surface area contributed by atoms with Crippen LogP contribution in [0.2, 0.25) is 0 Å². The van der Waals surface area contributed by atoms with Crippen LogP contribution in [0.4, 0.5) is 0 Å². The summed E-state index contributed by atoms with van der Waals surface area (Å²) in [4.78, 5) is 31.7. The molecular formula is C11H19NO4. The van der Waals surface area contributed by atoms with Crippen molar-refractivity contribution < 1.29 is 14.5 Å². The quantitative estimate of drug-likeness (QED) is 0.345. The first-order chi connectivity index (χ1) is 7.43. The summed E-state index contributed by atoms with van der Waals surface area (Å²) in [7, 11) is 0. The number of carbonyl (C=O) groups is 2. The van der Waals surface area contributed by atoms with Crippen molar-refractivity contribution in [3.8, 4) is 0 Å². The molecule has 5 heteroatoms. The average molecular weight is 229 g/mol. The Morgan fingerprint density at radius 2 is 1.62 bits per heavy atom. The second-order valence-corrected chi connectivity index (χ2v) is 4.13. The molecule has 0 amide bonds. The molecule has 0 fully saturated rings. The van der Waals surface area contributed by atoms with E-state index >= 15 is 0 Å². The maximum atomic E-state index is 10.7. The molecule has 0 aliphatic heterocycles. The summed E-state index contributed by atoms with van der Waals surface area (Å²) >= 11 is 0. The van der Waals surface area contributed by atoms with Gasteiger partial charge >= 0.3 is 0 Å². The van der Waals surface area contributed by atoms with Gasteiger partial charge in [-0.1, -0.05) is 0 Å². The van der Waals surface area contributed by atoms with E-state index in [0.29, 0.717) is 32.1 Å². The van der Waals surface area contributed by atoms with Gasteiger partial charge in [0.1, 0.15) is 11.6 Å². The molecule has 0 heterocycles. The molecule has 0 saturated carbocycles. The van der Waals surface area contributed by atoms with E-state index in [2.05, 4.69) is 0 Å². The number of nitrogens with zero attached hydrogens (tertiary/aromatic N) is 1. The molecule has 0 aliphatic rings. The lowest BCUT2D eigenvalue weighted by Crippen LogP contribution is -2.20. The van der Waals surface area contributed by atoms with Gasteiger partial charge in [-0.2, -0.15) is 0 Å². The summed E-state index contributed by atoms with van der Waals surface area (Å²) in [5, 5.41) is 10.7. The molecule has 0 aromatic rings. The zero-order chi connectivity index (χ0) is 12.6. The molecule has 1 unspecified atom stereocenters. The highest BCUT2D eigenvalue weighted by Crippen LogP contribution is 2.12. The summed E-state index contributed by atoms with van der Waals surface area (Å²) in [6.07, 6.45) is 2.87. The van der Waals surface area contributed by atoms with Gasteiger partial charge in [0.05, 0.1) is 0 Å². The number of carbonyl (C=O) groups excluding carboxylic acids is 2. The van der Waals surface area contributed by atoms with Crippen LogP contribution in [-0.2, 0) is 9.59 Å². The SMILES string of the molecule is CC(=O)CCCCC(CCC(C)=O)[N+](=O)[O-]. The van der Waals surface area contributed by atoms with Crippen LogP contribution in [0.5, 0.6) is 0 Å². The van der Waals surface area contributed by atoms with E-state index in [1.54, 1.807) is 0 Å². The maximum absolute atomic E-state index is 10.7. The number of hydrogen-bond acceptors (Lipinski definition) is 4. The van der Waals surface area contributed by atoms with Gasteiger partial charge in [-0.3, -0.25) is 10.1 Å². The minimum atomic E-state index is -0.643. The Kier molecular flexibility index (Phi) is 7.33. The third-order valence-corrected chi connectivity index (χ3v) is 2.44. The molecule has 0 aromatic heterocycles. The maximum Gasteiger partial charge on any atom is 0.213 e. The van der Waals surface area contributed by atoms with E-state index in [1.165, 1.54) is 13.8 Å². The third kappa shape index (κ3) is 8.08. The Morgan fingerprint density at radius 3 is 2.06 bits per heavy atom. The van der Waals surface area contributed by atoms with Crippen LogP contribution in [0.1, 0.15) is 52.4 Å². The van der Waals surface area contributed by atoms with E-state index in [9.17, 15) is 19.7 Å². The molecule has 0 spiro atoms. The lowest BCUT2D eigenvalue weighted by atomic mass is 10.0. The summed E-state index contributed by atoms with van der Waals surface area (Å²) in [6, 6.07) is -0.643. The molecule has 0 N–H and O–H groups in total. The van der Waals surface area contributed by atoms with Gasteiger partial charge in [0.15, 0.2) is 0 Å². The van der Waals surface area contributed by atoms with Crippen molar-refractivity contribution in [1.82, 2.24) is 0 Å². The molecule has 0 radical (unpaired) electrons. The Hall–Kier alpha value is -1.26. The molecule has 16 heavy (non-hydrogen) atoms. The fraction of sp³-hybridized carbons (Fsp3) is 0.818. The molecule has 0 bridgehead atoms. The highest BCUT2D eigenvalue weighted by Gasteiger charge is 2.19. The number of nitro groups is 1. The number of unbranched alkanes of at least 4 members (excludes halogenated alkanes) is 1. The number of Topliss-reactive ketones (excluding diaryl/α,β-unsaturated/α-hetero) is 2. The van der Waals surface area contributed by atoms with Gasteiger partial charge in [-0.05, 0) is 26.7 Å². The van der Waals surface area contributed by atoms with E-state index in [1.807, 2.05) is 0 Å². The first-order valence-corrected chi connectivity index (χ1v) is 5.56. The van der Waals surface area contributed by atoms with Crippen molar-refractivity contribution in [3.05, 3.63) is 10.1 Å². The molecule has 0 aliphatic carbocycles. The van der Waals surface area contributed by atoms with Gasteiger partial charge in [0, 0.05) is 30.6 Å². The minimum absolute atomic E-state index is 0.0180. The Morgan fingerprint density at radius 1 is 1.06 bits per heavy atom. The van der Waals surface area contributed by atoms with Gasteiger partial charge < -0.3 is 9.59 Å². The van der Waals surface area contributed by atoms with Crippen LogP contribution >= 0.6 is 0 Å². The molecule has 1 atom stereocenters. The molecular weight excluding hydrogens is 210 g/mol. The largest absolute Gasteiger partial charge is 0.300 e. The van der Waals surface area contributed by atoms with Crippen molar-refractivity contribution in [1.29, 1.82) is 0 Å². The molecule has 0 rings (SSSR count). The predicted molar refractivity (Wildman–Crippen MR) is 59.8 cm³/mol. The lowest BCUT2D eigenvalue weighted by Gasteiger charge is -2.07. The van der Waals surface area contributed by atoms with Gasteiger partial charge in [0.25, 0.3) is 0 Å². The first-order valence-electron chi connectivity index (χ1n) is 5.56. The zero-order valence-corrected chi connectivity index (χ0v) is 9.90. The monoisotopic (exact) mass is 229 g/mol. The normalized spacial score (nSPS) is 12.1. The lowest BCUT2D eigenvalue weighted by molar-refractivity contribution is -0.524. The highest BCUT2D eigenvalue weighted by atomic mass is 16.6. The van der Waals surface area contributed by atoms with E-state index < -0.39 is 6.04 Å². The van der Waals surface area contributed by atoms with Crippen LogP contribution in [0, 0.1) is 10.1 Å². The Balaban J connectivity index is 3.81. The van der Waals surface area contributed by atoms with Gasteiger partial charge in [-0.15, -0.1) is 0 Å². The third-order valence-electron chi connectivity index (χ3n) is 2.44. The standard InChI is InChI=1S/C11H19NO4/c1-9(13)5-3-4-6-11(12(15)16)8-7-10(2)14/h11H,3-8H2,1-2H3. The summed E-state index contributed by atoms with van der Waals surface area (Å²) in [5.74, 6) is 0.0944. The summed E-state index contributed by atoms with van der Waals surface area (Å²) < 4.78 is 0. The molecule has 92 valence electrons. The van der Waals surface area contributed by atoms with Crippen LogP contribution in [0.25, 0.3) is 0 Å². The summed E-state index contributed by atoms with van der Waals surface area (Å²) in [5.41, 5.74) is 0. The molecule has 0 aromatic carbocycles. The van der Waals surface area contributed by atoms with Crippen molar-refractivity contribution in [2.45, 2.75) is 58.4 Å². The Bertz CT molecular complexity index is 263. The van der Waals surface area contributed by atoms with Crippen molar-refractivity contribution in [2.75, 3.05) is 0 Å². The highest BCUT2D eigenvalue weighted by molar-refractivity contribution is 5.75. The van der Waals surface area contributed by atoms with Crippen molar-refractivity contribution >= 4 is 11.6 Å². The number of rotatable bonds is 9. The van der Waals surface area contributed by atoms with Crippen LogP contribution in [0.3, 0.4) is 0 Å². The number of ketones is 2. The second kappa shape index (κ2) is 7.96. The van der Waals surface area contributed by atoms with Crippen LogP contribution in [-0.4, -0.2) is 22.5 Å². The molecule has 0 saturated heterocycles. The first kappa shape index (κ1) is 14.7. The smallest absolute Gasteiger partial charge is 0.213 e. The van der Waals surface area contributed by atoms with Crippen molar-refractivity contribution in [2.24, 2.45) is 0 Å². The Labute approximate surface area is 95.4 Å². The zero-order valence-electron chi connectivity index (χ0n) is 9.90. The van der Waals surface area contributed by atoms with E-state index in [-0.39, 0.29) is 22.9 Å². The second-order valence-electron chi connectivity index (χ2n) is 4.13. The van der Waals surface area contributed by atoms with Gasteiger partial charge in [0.2, 0.25) is 6.04 Å².